The van der Waals surface area contributed by atoms with Gasteiger partial charge in [-0.25, -0.2) is 0 Å². The molecule has 0 spiro atoms. The third-order valence-electron chi connectivity index (χ3n) is 3.61. The van der Waals surface area contributed by atoms with Crippen molar-refractivity contribution in [1.82, 2.24) is 4.98 Å². The van der Waals surface area contributed by atoms with Gasteiger partial charge in [0.25, 0.3) is 0 Å². The average molecular weight is 233 g/mol. The van der Waals surface area contributed by atoms with Gasteiger partial charge in [-0.1, -0.05) is 0 Å². The fraction of sp³-hybridized carbons (Fsp3) is 0.538. The normalized spacial score (nSPS) is 32.6. The van der Waals surface area contributed by atoms with E-state index in [0.29, 0.717) is 5.78 Å². The van der Waals surface area contributed by atoms with Crippen molar-refractivity contribution in [3.8, 4) is 0 Å². The summed E-state index contributed by atoms with van der Waals surface area (Å²) in [5, 5.41) is 1.48. The first-order valence-corrected chi connectivity index (χ1v) is 6.87. The monoisotopic (exact) mass is 233 g/mol. The van der Waals surface area contributed by atoms with Crippen molar-refractivity contribution in [1.29, 1.82) is 0 Å². The topological polar surface area (TPSA) is 30.0 Å². The van der Waals surface area contributed by atoms with Gasteiger partial charge in [-0.15, -0.1) is 0 Å². The Morgan fingerprint density at radius 3 is 2.69 bits per heavy atom. The number of Topliss-reactive ketones (excluding diaryl/α,β-unsaturated/α-hetero) is 1. The molecule has 3 heteroatoms. The third-order valence-corrected chi connectivity index (χ3v) is 5.23. The van der Waals surface area contributed by atoms with Crippen molar-refractivity contribution in [3.05, 3.63) is 30.1 Å². The number of rotatable bonds is 2. The molecule has 2 fully saturated rings. The van der Waals surface area contributed by atoms with Crippen LogP contribution in [0.2, 0.25) is 0 Å². The van der Waals surface area contributed by atoms with E-state index in [-0.39, 0.29) is 5.92 Å². The van der Waals surface area contributed by atoms with Crippen molar-refractivity contribution in [2.45, 2.75) is 36.2 Å². The van der Waals surface area contributed by atoms with Crippen LogP contribution in [0.1, 0.15) is 36.0 Å². The molecule has 0 N–H and O–H groups in total. The zero-order valence-electron chi connectivity index (χ0n) is 9.13. The van der Waals surface area contributed by atoms with Crippen LogP contribution < -0.4 is 0 Å². The Kier molecular flexibility index (Phi) is 2.72. The molecule has 0 saturated carbocycles. The summed E-state index contributed by atoms with van der Waals surface area (Å²) in [5.74, 6) is 0.563. The molecule has 2 aliphatic heterocycles. The van der Waals surface area contributed by atoms with E-state index in [2.05, 4.69) is 16.7 Å². The molecule has 1 aromatic heterocycles. The molecule has 16 heavy (non-hydrogen) atoms. The number of hydrogen-bond acceptors (Lipinski definition) is 3. The Balaban J connectivity index is 1.76. The fourth-order valence-corrected chi connectivity index (χ4v) is 4.59. The predicted molar refractivity (Wildman–Crippen MR) is 65.7 cm³/mol. The number of fused-ring (bicyclic) bond motifs is 2. The summed E-state index contributed by atoms with van der Waals surface area (Å²) in [4.78, 5) is 16.3. The molecule has 0 radical (unpaired) electrons. The molecule has 0 aromatic carbocycles. The van der Waals surface area contributed by atoms with Crippen molar-refractivity contribution < 1.29 is 4.79 Å². The van der Waals surface area contributed by atoms with Crippen LogP contribution in [0.15, 0.2) is 24.5 Å². The van der Waals surface area contributed by atoms with Gasteiger partial charge in [0.15, 0.2) is 5.78 Å². The summed E-state index contributed by atoms with van der Waals surface area (Å²) in [6.45, 7) is 0. The highest BCUT2D eigenvalue weighted by molar-refractivity contribution is 8.00. The van der Waals surface area contributed by atoms with E-state index in [1.807, 2.05) is 12.1 Å². The Morgan fingerprint density at radius 1 is 1.31 bits per heavy atom. The highest BCUT2D eigenvalue weighted by Crippen LogP contribution is 2.46. The first-order valence-electron chi connectivity index (χ1n) is 5.92. The van der Waals surface area contributed by atoms with E-state index in [0.717, 1.165) is 28.9 Å². The molecule has 3 heterocycles. The summed E-state index contributed by atoms with van der Waals surface area (Å²) >= 11 is 2.10. The standard InChI is InChI=1S/C13H15NOS/c15-13(9-2-1-5-14-8-9)10-6-11-3-4-12(7-10)16-11/h1-2,5,8,10-12H,3-4,6-7H2. The molecule has 3 rings (SSSR count). The molecule has 84 valence electrons. The largest absolute Gasteiger partial charge is 0.294 e. The molecule has 0 amide bonds. The maximum atomic E-state index is 12.3. The Labute approximate surface area is 99.8 Å². The predicted octanol–water partition coefficient (Wildman–Crippen LogP) is 2.94. The van der Waals surface area contributed by atoms with Crippen LogP contribution in [0.5, 0.6) is 0 Å². The molecule has 2 aliphatic rings. The lowest BCUT2D eigenvalue weighted by Gasteiger charge is -2.26. The number of hydrogen-bond donors (Lipinski definition) is 0. The summed E-state index contributed by atoms with van der Waals surface area (Å²) in [7, 11) is 0. The fourth-order valence-electron chi connectivity index (χ4n) is 2.82. The van der Waals surface area contributed by atoms with Crippen LogP contribution in [-0.4, -0.2) is 21.3 Å². The Morgan fingerprint density at radius 2 is 2.06 bits per heavy atom. The van der Waals surface area contributed by atoms with Crippen LogP contribution >= 0.6 is 11.8 Å². The minimum atomic E-state index is 0.253. The second kappa shape index (κ2) is 4.21. The van der Waals surface area contributed by atoms with Gasteiger partial charge in [0, 0.05) is 34.4 Å². The summed E-state index contributed by atoms with van der Waals surface area (Å²) in [5.41, 5.74) is 0.791. The van der Waals surface area contributed by atoms with E-state index in [9.17, 15) is 4.79 Å². The van der Waals surface area contributed by atoms with Crippen LogP contribution in [0.4, 0.5) is 0 Å². The number of carbonyl (C=O) groups excluding carboxylic acids is 1. The average Bonchev–Trinajstić information content (AvgIpc) is 2.68. The zero-order chi connectivity index (χ0) is 11.0. The van der Waals surface area contributed by atoms with Crippen molar-refractivity contribution in [3.63, 3.8) is 0 Å². The first-order chi connectivity index (χ1) is 7.83. The lowest BCUT2D eigenvalue weighted by atomic mass is 9.91. The number of pyridine rings is 1. The maximum Gasteiger partial charge on any atom is 0.167 e. The van der Waals surface area contributed by atoms with E-state index >= 15 is 0 Å². The van der Waals surface area contributed by atoms with Gasteiger partial charge in [-0.2, -0.15) is 11.8 Å². The Bertz CT molecular complexity index is 380. The maximum absolute atomic E-state index is 12.3. The van der Waals surface area contributed by atoms with Crippen LogP contribution in [0, 0.1) is 5.92 Å². The lowest BCUT2D eigenvalue weighted by Crippen LogP contribution is -2.24. The van der Waals surface area contributed by atoms with Gasteiger partial charge >= 0.3 is 0 Å². The van der Waals surface area contributed by atoms with Gasteiger partial charge in [0.1, 0.15) is 0 Å². The number of thioether (sulfide) groups is 1. The molecule has 0 aliphatic carbocycles. The van der Waals surface area contributed by atoms with Gasteiger partial charge < -0.3 is 0 Å². The minimum absolute atomic E-state index is 0.253. The number of aromatic nitrogens is 1. The van der Waals surface area contributed by atoms with E-state index in [1.54, 1.807) is 12.4 Å². The van der Waals surface area contributed by atoms with Crippen LogP contribution in [0.25, 0.3) is 0 Å². The van der Waals surface area contributed by atoms with Gasteiger partial charge in [0.05, 0.1) is 0 Å². The number of nitrogens with zero attached hydrogens (tertiary/aromatic N) is 1. The summed E-state index contributed by atoms with van der Waals surface area (Å²) < 4.78 is 0. The lowest BCUT2D eigenvalue weighted by molar-refractivity contribution is 0.0906. The molecule has 1 aromatic rings. The molecular formula is C13H15NOS. The SMILES string of the molecule is O=C(c1cccnc1)C1CC2CCC(C1)S2. The second-order valence-corrected chi connectivity index (χ2v) is 6.34. The van der Waals surface area contributed by atoms with E-state index in [1.165, 1.54) is 12.8 Å². The highest BCUT2D eigenvalue weighted by atomic mass is 32.2. The smallest absolute Gasteiger partial charge is 0.167 e. The highest BCUT2D eigenvalue weighted by Gasteiger charge is 2.37. The molecular weight excluding hydrogens is 218 g/mol. The van der Waals surface area contributed by atoms with Gasteiger partial charge in [0.2, 0.25) is 0 Å². The van der Waals surface area contributed by atoms with E-state index in [4.69, 9.17) is 0 Å². The summed E-state index contributed by atoms with van der Waals surface area (Å²) in [6.07, 6.45) is 8.20. The van der Waals surface area contributed by atoms with Crippen molar-refractivity contribution >= 4 is 17.5 Å². The molecule has 2 bridgehead atoms. The third kappa shape index (κ3) is 1.88. The Hall–Kier alpha value is -0.830. The van der Waals surface area contributed by atoms with Crippen molar-refractivity contribution in [2.75, 3.05) is 0 Å². The zero-order valence-corrected chi connectivity index (χ0v) is 9.95. The van der Waals surface area contributed by atoms with E-state index < -0.39 is 0 Å². The van der Waals surface area contributed by atoms with Crippen LogP contribution in [0.3, 0.4) is 0 Å². The van der Waals surface area contributed by atoms with Gasteiger partial charge in [-0.3, -0.25) is 9.78 Å². The van der Waals surface area contributed by atoms with Gasteiger partial charge in [-0.05, 0) is 37.8 Å². The summed E-state index contributed by atoms with van der Waals surface area (Å²) in [6, 6.07) is 3.73. The number of carbonyl (C=O) groups is 1. The van der Waals surface area contributed by atoms with Crippen LogP contribution in [-0.2, 0) is 0 Å². The second-order valence-electron chi connectivity index (χ2n) is 4.73. The quantitative estimate of drug-likeness (QED) is 0.736. The molecule has 2 saturated heterocycles. The molecule has 2 unspecified atom stereocenters. The number of ketones is 1. The molecule has 2 nitrogen and oxygen atoms in total. The van der Waals surface area contributed by atoms with Crippen molar-refractivity contribution in [2.24, 2.45) is 5.92 Å². The first kappa shape index (κ1) is 10.3. The molecule has 2 atom stereocenters. The minimum Gasteiger partial charge on any atom is -0.294 e.